The van der Waals surface area contributed by atoms with Gasteiger partial charge in [-0.05, 0) is 11.8 Å². The Hall–Kier alpha value is -0.130. The second-order valence-corrected chi connectivity index (χ2v) is 7.30. The van der Waals surface area contributed by atoms with Gasteiger partial charge in [0.05, 0.1) is 17.6 Å². The summed E-state index contributed by atoms with van der Waals surface area (Å²) in [5.74, 6) is -0.0365. The molecule has 0 aromatic rings. The van der Waals surface area contributed by atoms with E-state index in [4.69, 9.17) is 0 Å². The minimum Gasteiger partial charge on any atom is -0.390 e. The summed E-state index contributed by atoms with van der Waals surface area (Å²) in [4.78, 5) is 0. The lowest BCUT2D eigenvalue weighted by atomic mass is 9.90. The number of aliphatic hydroxyl groups is 1. The molecule has 1 aliphatic rings. The predicted octanol–water partition coefficient (Wildman–Crippen LogP) is 0.170. The molecule has 1 fully saturated rings. The van der Waals surface area contributed by atoms with Gasteiger partial charge in [0.2, 0.25) is 0 Å². The molecule has 1 rings (SSSR count). The maximum Gasteiger partial charge on any atom is 0.154 e. The summed E-state index contributed by atoms with van der Waals surface area (Å²) in [6.45, 7) is 7.08. The van der Waals surface area contributed by atoms with Gasteiger partial charge in [-0.15, -0.1) is 0 Å². The summed E-state index contributed by atoms with van der Waals surface area (Å²) in [6.07, 6.45) is 0.276. The van der Waals surface area contributed by atoms with Crippen LogP contribution in [0.1, 0.15) is 27.2 Å². The van der Waals surface area contributed by atoms with Crippen LogP contribution in [0.25, 0.3) is 0 Å². The third-order valence-corrected chi connectivity index (χ3v) is 4.84. The maximum atomic E-state index is 11.2. The van der Waals surface area contributed by atoms with E-state index in [1.54, 1.807) is 0 Å². The Bertz CT molecular complexity index is 311. The monoisotopic (exact) mass is 235 g/mol. The van der Waals surface area contributed by atoms with Gasteiger partial charge in [-0.2, -0.15) is 0 Å². The van der Waals surface area contributed by atoms with Crippen LogP contribution in [0.5, 0.6) is 0 Å². The van der Waals surface area contributed by atoms with Crippen molar-refractivity contribution in [2.24, 2.45) is 5.41 Å². The average molecular weight is 235 g/mol. The third-order valence-electron chi connectivity index (χ3n) is 3.12. The number of sulfone groups is 1. The number of hydrogen-bond donors (Lipinski definition) is 2. The number of nitrogens with one attached hydrogen (secondary N) is 1. The lowest BCUT2D eigenvalue weighted by Gasteiger charge is -2.26. The first-order valence-electron chi connectivity index (χ1n) is 5.38. The van der Waals surface area contributed by atoms with Gasteiger partial charge in [0.1, 0.15) is 0 Å². The largest absolute Gasteiger partial charge is 0.390 e. The van der Waals surface area contributed by atoms with E-state index in [1.807, 2.05) is 0 Å². The highest BCUT2D eigenvalue weighted by atomic mass is 32.2. The Balaban J connectivity index is 2.48. The smallest absolute Gasteiger partial charge is 0.154 e. The van der Waals surface area contributed by atoms with Crippen molar-refractivity contribution in [3.05, 3.63) is 0 Å². The summed E-state index contributed by atoms with van der Waals surface area (Å²) in [6, 6.07) is -0.291. The van der Waals surface area contributed by atoms with Gasteiger partial charge in [-0.1, -0.05) is 20.8 Å². The van der Waals surface area contributed by atoms with Crippen LogP contribution in [0.4, 0.5) is 0 Å². The Morgan fingerprint density at radius 1 is 1.40 bits per heavy atom. The molecule has 0 aromatic heterocycles. The molecule has 0 aliphatic carbocycles. The van der Waals surface area contributed by atoms with Crippen molar-refractivity contribution in [1.82, 2.24) is 5.32 Å². The second kappa shape index (κ2) is 4.39. The van der Waals surface area contributed by atoms with Crippen LogP contribution < -0.4 is 5.32 Å². The molecule has 0 radical (unpaired) electrons. The van der Waals surface area contributed by atoms with E-state index in [-0.39, 0.29) is 23.0 Å². The van der Waals surface area contributed by atoms with Crippen molar-refractivity contribution in [2.45, 2.75) is 39.3 Å². The quantitative estimate of drug-likeness (QED) is 0.729. The number of hydrogen-bond acceptors (Lipinski definition) is 4. The highest BCUT2D eigenvalue weighted by molar-refractivity contribution is 7.91. The molecule has 0 saturated carbocycles. The third kappa shape index (κ3) is 3.74. The highest BCUT2D eigenvalue weighted by Gasteiger charge is 2.36. The van der Waals surface area contributed by atoms with Gasteiger partial charge in [0.25, 0.3) is 0 Å². The zero-order valence-electron chi connectivity index (χ0n) is 9.66. The zero-order chi connectivity index (χ0) is 11.7. The van der Waals surface area contributed by atoms with Gasteiger partial charge in [-0.25, -0.2) is 8.42 Å². The number of aliphatic hydroxyl groups excluding tert-OH is 1. The molecule has 2 atom stereocenters. The maximum absolute atomic E-state index is 11.2. The fourth-order valence-electron chi connectivity index (χ4n) is 1.56. The minimum absolute atomic E-state index is 0.0635. The molecule has 5 heteroatoms. The summed E-state index contributed by atoms with van der Waals surface area (Å²) in [5, 5.41) is 12.7. The summed E-state index contributed by atoms with van der Waals surface area (Å²) in [7, 11) is -3.03. The topological polar surface area (TPSA) is 66.4 Å². The predicted molar refractivity (Wildman–Crippen MR) is 60.5 cm³/mol. The van der Waals surface area contributed by atoms with Gasteiger partial charge in [0.15, 0.2) is 9.84 Å². The van der Waals surface area contributed by atoms with E-state index in [0.29, 0.717) is 0 Å². The van der Waals surface area contributed by atoms with Crippen molar-refractivity contribution in [1.29, 1.82) is 0 Å². The molecular weight excluding hydrogens is 214 g/mol. The lowest BCUT2D eigenvalue weighted by Crippen LogP contribution is -2.43. The van der Waals surface area contributed by atoms with Crippen LogP contribution >= 0.6 is 0 Å². The van der Waals surface area contributed by atoms with Crippen molar-refractivity contribution in [2.75, 3.05) is 18.1 Å². The van der Waals surface area contributed by atoms with Crippen molar-refractivity contribution >= 4 is 9.84 Å². The van der Waals surface area contributed by atoms with E-state index in [9.17, 15) is 13.5 Å². The van der Waals surface area contributed by atoms with E-state index >= 15 is 0 Å². The van der Waals surface area contributed by atoms with Gasteiger partial charge in [-0.3, -0.25) is 0 Å². The summed E-state index contributed by atoms with van der Waals surface area (Å²) < 4.78 is 22.5. The fourth-order valence-corrected chi connectivity index (χ4v) is 3.33. The van der Waals surface area contributed by atoms with Crippen LogP contribution in [0.15, 0.2) is 0 Å². The Morgan fingerprint density at radius 2 is 2.00 bits per heavy atom. The van der Waals surface area contributed by atoms with E-state index in [2.05, 4.69) is 26.1 Å². The summed E-state index contributed by atoms with van der Waals surface area (Å²) >= 11 is 0. The minimum atomic E-state index is -3.03. The van der Waals surface area contributed by atoms with E-state index < -0.39 is 15.9 Å². The Morgan fingerprint density at radius 3 is 2.40 bits per heavy atom. The molecule has 2 unspecified atom stereocenters. The van der Waals surface area contributed by atoms with Gasteiger partial charge in [0, 0.05) is 12.6 Å². The zero-order valence-corrected chi connectivity index (χ0v) is 10.5. The fraction of sp³-hybridized carbons (Fsp3) is 1.00. The van der Waals surface area contributed by atoms with Crippen LogP contribution in [-0.4, -0.2) is 43.7 Å². The molecule has 90 valence electrons. The van der Waals surface area contributed by atoms with Gasteiger partial charge >= 0.3 is 0 Å². The van der Waals surface area contributed by atoms with Crippen LogP contribution in [0.3, 0.4) is 0 Å². The molecule has 4 nitrogen and oxygen atoms in total. The van der Waals surface area contributed by atoms with Gasteiger partial charge < -0.3 is 10.4 Å². The van der Waals surface area contributed by atoms with Crippen molar-refractivity contribution in [3.8, 4) is 0 Å². The van der Waals surface area contributed by atoms with Crippen LogP contribution in [0.2, 0.25) is 0 Å². The SMILES string of the molecule is CCC(C)(C)CNC1CS(=O)(=O)CC1O. The molecule has 15 heavy (non-hydrogen) atoms. The van der Waals surface area contributed by atoms with Crippen LogP contribution in [0, 0.1) is 5.41 Å². The molecular formula is C10H21NO3S. The molecule has 1 saturated heterocycles. The molecule has 2 N–H and O–H groups in total. The summed E-state index contributed by atoms with van der Waals surface area (Å²) in [5.41, 5.74) is 0.145. The average Bonchev–Trinajstić information content (AvgIpc) is 2.36. The Labute approximate surface area is 92.0 Å². The highest BCUT2D eigenvalue weighted by Crippen LogP contribution is 2.20. The van der Waals surface area contributed by atoms with E-state index in [1.165, 1.54) is 0 Å². The molecule has 0 aromatic carbocycles. The van der Waals surface area contributed by atoms with Crippen LogP contribution in [-0.2, 0) is 9.84 Å². The first kappa shape index (κ1) is 12.9. The van der Waals surface area contributed by atoms with Crippen molar-refractivity contribution < 1.29 is 13.5 Å². The van der Waals surface area contributed by atoms with Crippen molar-refractivity contribution in [3.63, 3.8) is 0 Å². The normalized spacial score (nSPS) is 30.7. The standard InChI is InChI=1S/C10H21NO3S/c1-4-10(2,3)7-11-8-5-15(13,14)6-9(8)12/h8-9,11-12H,4-7H2,1-3H3. The number of rotatable bonds is 4. The molecule has 0 amide bonds. The first-order chi connectivity index (χ1) is 6.76. The molecule has 1 heterocycles. The van der Waals surface area contributed by atoms with E-state index in [0.717, 1.165) is 13.0 Å². The second-order valence-electron chi connectivity index (χ2n) is 5.15. The lowest BCUT2D eigenvalue weighted by molar-refractivity contribution is 0.157. The molecule has 0 spiro atoms. The Kier molecular flexibility index (Phi) is 3.79. The molecule has 0 bridgehead atoms. The molecule has 1 aliphatic heterocycles. The first-order valence-corrected chi connectivity index (χ1v) is 7.20.